The molecular formula is C16H19NO. The van der Waals surface area contributed by atoms with E-state index in [1.807, 2.05) is 30.3 Å². The molecule has 2 rings (SSSR count). The molecule has 0 saturated carbocycles. The average molecular weight is 241 g/mol. The minimum atomic E-state index is -0.404. The second-order valence-electron chi connectivity index (χ2n) is 4.61. The van der Waals surface area contributed by atoms with Gasteiger partial charge in [-0.1, -0.05) is 42.5 Å². The lowest BCUT2D eigenvalue weighted by molar-refractivity contribution is 0.199. The van der Waals surface area contributed by atoms with Gasteiger partial charge in [-0.15, -0.1) is 0 Å². The predicted molar refractivity (Wildman–Crippen MR) is 75.6 cm³/mol. The number of rotatable bonds is 4. The molecule has 1 atom stereocenters. The number of benzene rings is 2. The number of nitrogens with zero attached hydrogens (tertiary/aromatic N) is 1. The Morgan fingerprint density at radius 1 is 1.00 bits per heavy atom. The van der Waals surface area contributed by atoms with E-state index in [0.29, 0.717) is 0 Å². The summed E-state index contributed by atoms with van der Waals surface area (Å²) in [5, 5.41) is 9.47. The summed E-state index contributed by atoms with van der Waals surface area (Å²) in [6, 6.07) is 18.4. The Balaban J connectivity index is 2.07. The minimum Gasteiger partial charge on any atom is -0.389 e. The summed E-state index contributed by atoms with van der Waals surface area (Å²) in [4.78, 5) is 2.20. The van der Waals surface area contributed by atoms with Crippen LogP contribution in [0.25, 0.3) is 0 Å². The number of aliphatic hydroxyl groups excluding tert-OH is 1. The molecule has 0 heterocycles. The van der Waals surface area contributed by atoms with E-state index in [4.69, 9.17) is 0 Å². The molecule has 1 N–H and O–H groups in total. The molecule has 0 aliphatic rings. The molecule has 0 unspecified atom stereocenters. The summed E-state index contributed by atoms with van der Waals surface area (Å²) in [6.45, 7) is 2.66. The van der Waals surface area contributed by atoms with E-state index < -0.39 is 6.10 Å². The summed E-state index contributed by atoms with van der Waals surface area (Å²) in [5.74, 6) is 0. The van der Waals surface area contributed by atoms with Crippen molar-refractivity contribution in [2.24, 2.45) is 0 Å². The maximum absolute atomic E-state index is 9.47. The van der Waals surface area contributed by atoms with Crippen molar-refractivity contribution in [2.45, 2.75) is 19.6 Å². The van der Waals surface area contributed by atoms with Gasteiger partial charge in [0, 0.05) is 19.3 Å². The first-order valence-corrected chi connectivity index (χ1v) is 6.20. The Morgan fingerprint density at radius 2 is 1.61 bits per heavy atom. The fraction of sp³-hybridized carbons (Fsp3) is 0.250. The van der Waals surface area contributed by atoms with Crippen molar-refractivity contribution < 1.29 is 5.11 Å². The lowest BCUT2D eigenvalue weighted by Gasteiger charge is -2.20. The molecule has 2 aromatic rings. The van der Waals surface area contributed by atoms with Gasteiger partial charge in [-0.3, -0.25) is 0 Å². The summed E-state index contributed by atoms with van der Waals surface area (Å²) in [7, 11) is 2.07. The molecule has 2 heteroatoms. The molecule has 0 saturated heterocycles. The van der Waals surface area contributed by atoms with E-state index >= 15 is 0 Å². The molecule has 0 aliphatic heterocycles. The summed E-state index contributed by atoms with van der Waals surface area (Å²) in [5.41, 5.74) is 3.40. The van der Waals surface area contributed by atoms with Crippen LogP contribution in [0.15, 0.2) is 54.6 Å². The largest absolute Gasteiger partial charge is 0.389 e. The van der Waals surface area contributed by atoms with E-state index in [1.165, 1.54) is 5.56 Å². The highest BCUT2D eigenvalue weighted by Crippen LogP contribution is 2.19. The third-order valence-electron chi connectivity index (χ3n) is 3.08. The minimum absolute atomic E-state index is 0.404. The molecule has 0 aromatic heterocycles. The van der Waals surface area contributed by atoms with Gasteiger partial charge in [0.15, 0.2) is 0 Å². The first kappa shape index (κ1) is 12.7. The summed E-state index contributed by atoms with van der Waals surface area (Å²) >= 11 is 0. The van der Waals surface area contributed by atoms with Crippen LogP contribution in [0.3, 0.4) is 0 Å². The van der Waals surface area contributed by atoms with E-state index in [2.05, 4.69) is 36.2 Å². The van der Waals surface area contributed by atoms with Gasteiger partial charge in [0.2, 0.25) is 0 Å². The predicted octanol–water partition coefficient (Wildman–Crippen LogP) is 3.38. The Morgan fingerprint density at radius 3 is 2.17 bits per heavy atom. The highest BCUT2D eigenvalue weighted by atomic mass is 16.3. The molecule has 0 fully saturated rings. The molecule has 0 bridgehead atoms. The molecule has 2 nitrogen and oxygen atoms in total. The second-order valence-corrected chi connectivity index (χ2v) is 4.61. The van der Waals surface area contributed by atoms with Gasteiger partial charge in [-0.25, -0.2) is 0 Å². The highest BCUT2D eigenvalue weighted by molar-refractivity contribution is 5.47. The molecule has 2 aromatic carbocycles. The topological polar surface area (TPSA) is 23.5 Å². The van der Waals surface area contributed by atoms with Crippen molar-refractivity contribution >= 4 is 5.69 Å². The number of aliphatic hydroxyl groups is 1. The molecule has 94 valence electrons. The van der Waals surface area contributed by atoms with Crippen LogP contribution < -0.4 is 4.90 Å². The quantitative estimate of drug-likeness (QED) is 0.887. The normalized spacial score (nSPS) is 12.2. The molecule has 0 amide bonds. The van der Waals surface area contributed by atoms with Crippen molar-refractivity contribution in [3.8, 4) is 0 Å². The van der Waals surface area contributed by atoms with Crippen molar-refractivity contribution in [3.63, 3.8) is 0 Å². The highest BCUT2D eigenvalue weighted by Gasteiger charge is 2.04. The first-order chi connectivity index (χ1) is 8.66. The number of hydrogen-bond acceptors (Lipinski definition) is 2. The van der Waals surface area contributed by atoms with E-state index in [1.54, 1.807) is 6.92 Å². The average Bonchev–Trinajstić information content (AvgIpc) is 2.40. The Kier molecular flexibility index (Phi) is 4.00. The Labute approximate surface area is 109 Å². The van der Waals surface area contributed by atoms with Crippen LogP contribution in [0.1, 0.15) is 24.2 Å². The van der Waals surface area contributed by atoms with Gasteiger partial charge < -0.3 is 10.0 Å². The van der Waals surface area contributed by atoms with Crippen LogP contribution in [0.2, 0.25) is 0 Å². The van der Waals surface area contributed by atoms with Gasteiger partial charge in [0.1, 0.15) is 0 Å². The molecule has 0 radical (unpaired) electrons. The first-order valence-electron chi connectivity index (χ1n) is 6.20. The summed E-state index contributed by atoms with van der Waals surface area (Å²) in [6.07, 6.45) is -0.404. The fourth-order valence-corrected chi connectivity index (χ4v) is 1.96. The maximum Gasteiger partial charge on any atom is 0.0761 e. The zero-order chi connectivity index (χ0) is 13.0. The van der Waals surface area contributed by atoms with Gasteiger partial charge in [-0.05, 0) is 30.2 Å². The van der Waals surface area contributed by atoms with Gasteiger partial charge >= 0.3 is 0 Å². The molecule has 0 aliphatic carbocycles. The Bertz CT molecular complexity index is 476. The van der Waals surface area contributed by atoms with Gasteiger partial charge in [-0.2, -0.15) is 0 Å². The lowest BCUT2D eigenvalue weighted by atomic mass is 10.1. The van der Waals surface area contributed by atoms with Crippen LogP contribution in [-0.4, -0.2) is 12.2 Å². The number of hydrogen-bond donors (Lipinski definition) is 1. The number of anilines is 1. The van der Waals surface area contributed by atoms with Crippen LogP contribution in [0, 0.1) is 0 Å². The van der Waals surface area contributed by atoms with Crippen LogP contribution in [0.4, 0.5) is 5.69 Å². The standard InChI is InChI=1S/C16H19NO/c1-13(18)15-8-10-16(11-9-15)17(2)12-14-6-4-3-5-7-14/h3-11,13,18H,12H2,1-2H3/t13-/m0/s1. The second kappa shape index (κ2) is 5.69. The third-order valence-corrected chi connectivity index (χ3v) is 3.08. The third kappa shape index (κ3) is 3.11. The van der Waals surface area contributed by atoms with Crippen LogP contribution in [0.5, 0.6) is 0 Å². The SMILES string of the molecule is C[C@H](O)c1ccc(N(C)Cc2ccccc2)cc1. The van der Waals surface area contributed by atoms with Crippen molar-refractivity contribution in [1.29, 1.82) is 0 Å². The smallest absolute Gasteiger partial charge is 0.0761 e. The fourth-order valence-electron chi connectivity index (χ4n) is 1.96. The van der Waals surface area contributed by atoms with E-state index in [9.17, 15) is 5.11 Å². The molecular weight excluding hydrogens is 222 g/mol. The van der Waals surface area contributed by atoms with Crippen LogP contribution in [-0.2, 0) is 6.54 Å². The zero-order valence-electron chi connectivity index (χ0n) is 10.9. The van der Waals surface area contributed by atoms with Crippen LogP contribution >= 0.6 is 0 Å². The summed E-state index contributed by atoms with van der Waals surface area (Å²) < 4.78 is 0. The maximum atomic E-state index is 9.47. The Hall–Kier alpha value is -1.80. The van der Waals surface area contributed by atoms with Gasteiger partial charge in [0.25, 0.3) is 0 Å². The van der Waals surface area contributed by atoms with Gasteiger partial charge in [0.05, 0.1) is 6.10 Å². The zero-order valence-corrected chi connectivity index (χ0v) is 10.9. The lowest BCUT2D eigenvalue weighted by Crippen LogP contribution is -2.16. The van der Waals surface area contributed by atoms with E-state index in [-0.39, 0.29) is 0 Å². The van der Waals surface area contributed by atoms with Crippen molar-refractivity contribution in [2.75, 3.05) is 11.9 Å². The van der Waals surface area contributed by atoms with Crippen molar-refractivity contribution in [3.05, 3.63) is 65.7 Å². The van der Waals surface area contributed by atoms with Crippen molar-refractivity contribution in [1.82, 2.24) is 0 Å². The molecule has 0 spiro atoms. The van der Waals surface area contributed by atoms with E-state index in [0.717, 1.165) is 17.8 Å². The molecule has 18 heavy (non-hydrogen) atoms. The monoisotopic (exact) mass is 241 g/mol.